The van der Waals surface area contributed by atoms with Crippen LogP contribution in [0.4, 0.5) is 17.5 Å². The van der Waals surface area contributed by atoms with Crippen LogP contribution in [0.1, 0.15) is 0 Å². The van der Waals surface area contributed by atoms with Gasteiger partial charge in [-0.2, -0.15) is 4.98 Å². The molecule has 1 aromatic heterocycles. The van der Waals surface area contributed by atoms with E-state index in [0.29, 0.717) is 0 Å². The third kappa shape index (κ3) is 2.53. The van der Waals surface area contributed by atoms with Crippen molar-refractivity contribution in [2.24, 2.45) is 5.73 Å². The number of likely N-dealkylation sites (N-methyl/N-ethyl adjacent to an activating group) is 1. The number of amides is 1. The Morgan fingerprint density at radius 1 is 1.69 bits per heavy atom. The van der Waals surface area contributed by atoms with Crippen LogP contribution in [-0.4, -0.2) is 34.4 Å². The van der Waals surface area contributed by atoms with Gasteiger partial charge in [-0.05, 0) is 0 Å². The number of hydrogen-bond acceptors (Lipinski definition) is 7. The summed E-state index contributed by atoms with van der Waals surface area (Å²) in [4.78, 5) is 29.1. The lowest BCUT2D eigenvalue weighted by Crippen LogP contribution is -2.31. The number of primary amides is 1. The number of carbonyl (C=O) groups is 1. The van der Waals surface area contributed by atoms with Gasteiger partial charge in [0.25, 0.3) is 0 Å². The summed E-state index contributed by atoms with van der Waals surface area (Å²) in [6.07, 6.45) is 0.981. The van der Waals surface area contributed by atoms with Gasteiger partial charge in [-0.25, -0.2) is 4.98 Å². The Hall–Kier alpha value is -2.45. The Morgan fingerprint density at radius 2 is 2.31 bits per heavy atom. The summed E-state index contributed by atoms with van der Waals surface area (Å²) in [6, 6.07) is 0. The Labute approximate surface area is 90.2 Å². The number of nitro groups is 1. The number of hydrogen-bond donors (Lipinski definition) is 2. The van der Waals surface area contributed by atoms with Gasteiger partial charge in [-0.15, -0.1) is 0 Å². The van der Waals surface area contributed by atoms with Crippen LogP contribution in [0, 0.1) is 10.1 Å². The van der Waals surface area contributed by atoms with Gasteiger partial charge in [0.1, 0.15) is 6.20 Å². The maximum Gasteiger partial charge on any atom is 0.329 e. The molecule has 0 saturated carbocycles. The normalized spacial score (nSPS) is 9.81. The predicted molar refractivity (Wildman–Crippen MR) is 55.6 cm³/mol. The molecular weight excluding hydrogens is 216 g/mol. The van der Waals surface area contributed by atoms with Crippen molar-refractivity contribution in [3.8, 4) is 0 Å². The van der Waals surface area contributed by atoms with E-state index in [0.717, 1.165) is 6.20 Å². The summed E-state index contributed by atoms with van der Waals surface area (Å²) in [5, 5.41) is 10.7. The highest BCUT2D eigenvalue weighted by atomic mass is 16.6. The van der Waals surface area contributed by atoms with Crippen LogP contribution >= 0.6 is 0 Å². The highest BCUT2D eigenvalue weighted by molar-refractivity contribution is 5.80. The van der Waals surface area contributed by atoms with E-state index < -0.39 is 10.8 Å². The largest absolute Gasteiger partial charge is 0.368 e. The van der Waals surface area contributed by atoms with E-state index >= 15 is 0 Å². The van der Waals surface area contributed by atoms with Crippen molar-refractivity contribution >= 4 is 23.4 Å². The van der Waals surface area contributed by atoms with Gasteiger partial charge in [-0.1, -0.05) is 0 Å². The molecule has 0 radical (unpaired) electrons. The smallest absolute Gasteiger partial charge is 0.329 e. The molecule has 1 rings (SSSR count). The fourth-order valence-corrected chi connectivity index (χ4v) is 1.10. The molecule has 0 aliphatic carbocycles. The molecule has 9 heteroatoms. The molecule has 86 valence electrons. The molecule has 0 aromatic carbocycles. The average Bonchev–Trinajstić information content (AvgIpc) is 2.15. The Balaban J connectivity index is 3.13. The monoisotopic (exact) mass is 226 g/mol. The second-order valence-electron chi connectivity index (χ2n) is 3.02. The first-order valence-corrected chi connectivity index (χ1v) is 4.18. The number of nitrogen functional groups attached to an aromatic ring is 1. The zero-order valence-electron chi connectivity index (χ0n) is 8.45. The fourth-order valence-electron chi connectivity index (χ4n) is 1.10. The van der Waals surface area contributed by atoms with Gasteiger partial charge in [0.2, 0.25) is 17.7 Å². The van der Waals surface area contributed by atoms with Crippen LogP contribution in [0.25, 0.3) is 0 Å². The fraction of sp³-hybridized carbons (Fsp3) is 0.286. The van der Waals surface area contributed by atoms with Crippen molar-refractivity contribution in [2.75, 3.05) is 24.2 Å². The van der Waals surface area contributed by atoms with E-state index in [-0.39, 0.29) is 24.0 Å². The van der Waals surface area contributed by atoms with Gasteiger partial charge in [-0.3, -0.25) is 14.9 Å². The number of rotatable bonds is 4. The van der Waals surface area contributed by atoms with Crippen molar-refractivity contribution in [2.45, 2.75) is 0 Å². The summed E-state index contributed by atoms with van der Waals surface area (Å²) >= 11 is 0. The molecule has 0 aliphatic rings. The molecule has 0 bridgehead atoms. The highest BCUT2D eigenvalue weighted by Crippen LogP contribution is 2.23. The van der Waals surface area contributed by atoms with Gasteiger partial charge in [0.05, 0.1) is 11.5 Å². The van der Waals surface area contributed by atoms with Crippen molar-refractivity contribution in [1.82, 2.24) is 9.97 Å². The first kappa shape index (κ1) is 11.6. The molecule has 9 nitrogen and oxygen atoms in total. The minimum Gasteiger partial charge on any atom is -0.368 e. The van der Waals surface area contributed by atoms with Crippen LogP contribution in [-0.2, 0) is 4.79 Å². The molecule has 16 heavy (non-hydrogen) atoms. The molecule has 0 saturated heterocycles. The van der Waals surface area contributed by atoms with Gasteiger partial charge in [0.15, 0.2) is 0 Å². The Morgan fingerprint density at radius 3 is 2.81 bits per heavy atom. The SMILES string of the molecule is CN(CC(N)=O)c1nc(N)ncc1[N+](=O)[O-]. The predicted octanol–water partition coefficient (Wildman–Crippen LogP) is -1.11. The van der Waals surface area contributed by atoms with Crippen LogP contribution in [0.2, 0.25) is 0 Å². The molecule has 0 atom stereocenters. The van der Waals surface area contributed by atoms with Gasteiger partial charge >= 0.3 is 5.69 Å². The maximum absolute atomic E-state index is 10.7. The van der Waals surface area contributed by atoms with Crippen molar-refractivity contribution in [3.05, 3.63) is 16.3 Å². The van der Waals surface area contributed by atoms with E-state index in [1.165, 1.54) is 11.9 Å². The van der Waals surface area contributed by atoms with E-state index in [1.54, 1.807) is 0 Å². The first-order chi connectivity index (χ1) is 7.41. The van der Waals surface area contributed by atoms with Crippen molar-refractivity contribution in [1.29, 1.82) is 0 Å². The van der Waals surface area contributed by atoms with Crippen LogP contribution in [0.5, 0.6) is 0 Å². The van der Waals surface area contributed by atoms with E-state index in [4.69, 9.17) is 11.5 Å². The summed E-state index contributed by atoms with van der Waals surface area (Å²) < 4.78 is 0. The molecule has 1 aromatic rings. The second kappa shape index (κ2) is 4.38. The highest BCUT2D eigenvalue weighted by Gasteiger charge is 2.20. The summed E-state index contributed by atoms with van der Waals surface area (Å²) in [5.74, 6) is -0.790. The first-order valence-electron chi connectivity index (χ1n) is 4.18. The quantitative estimate of drug-likeness (QED) is 0.489. The number of nitrogens with two attached hydrogens (primary N) is 2. The van der Waals surface area contributed by atoms with Crippen LogP contribution < -0.4 is 16.4 Å². The third-order valence-corrected chi connectivity index (χ3v) is 1.72. The lowest BCUT2D eigenvalue weighted by atomic mass is 10.4. The number of carbonyl (C=O) groups excluding carboxylic acids is 1. The molecule has 0 spiro atoms. The molecule has 4 N–H and O–H groups in total. The van der Waals surface area contributed by atoms with Gasteiger partial charge < -0.3 is 16.4 Å². The molecule has 0 fully saturated rings. The van der Waals surface area contributed by atoms with Crippen LogP contribution in [0.3, 0.4) is 0 Å². The van der Waals surface area contributed by atoms with Crippen molar-refractivity contribution in [3.63, 3.8) is 0 Å². The molecule has 0 unspecified atom stereocenters. The lowest BCUT2D eigenvalue weighted by Gasteiger charge is -2.15. The van der Waals surface area contributed by atoms with Crippen molar-refractivity contribution < 1.29 is 9.72 Å². The summed E-state index contributed by atoms with van der Waals surface area (Å²) in [5.41, 5.74) is 9.94. The second-order valence-corrected chi connectivity index (χ2v) is 3.02. The van der Waals surface area contributed by atoms with Gasteiger partial charge in [0, 0.05) is 7.05 Å². The standard InChI is InChI=1S/C7H10N6O3/c1-12(3-5(8)14)6-4(13(15)16)2-10-7(9)11-6/h2H,3H2,1H3,(H2,8,14)(H2,9,10,11). The van der Waals surface area contributed by atoms with E-state index in [9.17, 15) is 14.9 Å². The van der Waals surface area contributed by atoms with E-state index in [2.05, 4.69) is 9.97 Å². The Kier molecular flexibility index (Phi) is 3.18. The number of nitrogens with zero attached hydrogens (tertiary/aromatic N) is 4. The number of aromatic nitrogens is 2. The zero-order valence-corrected chi connectivity index (χ0v) is 8.45. The molecule has 0 aliphatic heterocycles. The maximum atomic E-state index is 10.7. The minimum atomic E-state index is -0.660. The van der Waals surface area contributed by atoms with E-state index in [1.807, 2.05) is 0 Å². The molecular formula is C7H10N6O3. The van der Waals surface area contributed by atoms with Crippen LogP contribution in [0.15, 0.2) is 6.20 Å². The number of anilines is 2. The minimum absolute atomic E-state index is 0.0451. The average molecular weight is 226 g/mol. The topological polar surface area (TPSA) is 141 Å². The Bertz CT molecular complexity index is 434. The summed E-state index contributed by atoms with van der Waals surface area (Å²) in [7, 11) is 1.44. The summed E-state index contributed by atoms with van der Waals surface area (Å²) in [6.45, 7) is -0.197. The zero-order chi connectivity index (χ0) is 12.3. The molecule has 1 amide bonds. The third-order valence-electron chi connectivity index (χ3n) is 1.72. The molecule has 1 heterocycles. The lowest BCUT2D eigenvalue weighted by molar-refractivity contribution is -0.384.